The van der Waals surface area contributed by atoms with Crippen LogP contribution >= 0.6 is 11.3 Å². The second-order valence-corrected chi connectivity index (χ2v) is 5.14. The monoisotopic (exact) mass is 268 g/mol. The van der Waals surface area contributed by atoms with E-state index in [-0.39, 0.29) is 5.91 Å². The highest BCUT2D eigenvalue weighted by molar-refractivity contribution is 7.10. The van der Waals surface area contributed by atoms with E-state index < -0.39 is 0 Å². The second-order valence-electron chi connectivity index (χ2n) is 4.16. The summed E-state index contributed by atoms with van der Waals surface area (Å²) in [6.07, 6.45) is 12.0. The number of nitrogens with zero attached hydrogens (tertiary/aromatic N) is 2. The molecule has 1 aliphatic rings. The molecule has 94 valence electrons. The summed E-state index contributed by atoms with van der Waals surface area (Å²) in [5.41, 5.74) is 1.56. The van der Waals surface area contributed by atoms with Crippen LogP contribution in [0.25, 0.3) is 12.2 Å². The first-order chi connectivity index (χ1) is 9.33. The third-order valence-corrected chi connectivity index (χ3v) is 3.66. The molecule has 0 saturated heterocycles. The van der Waals surface area contributed by atoms with E-state index in [4.69, 9.17) is 0 Å². The predicted octanol–water partition coefficient (Wildman–Crippen LogP) is 3.64. The van der Waals surface area contributed by atoms with Crippen molar-refractivity contribution in [2.45, 2.75) is 6.42 Å². The minimum absolute atomic E-state index is 0.0548. The number of hydrogen-bond acceptors (Lipinski definition) is 3. The minimum Gasteiger partial charge on any atom is -0.267 e. The van der Waals surface area contributed by atoms with Gasteiger partial charge in [0.1, 0.15) is 0 Å². The summed E-state index contributed by atoms with van der Waals surface area (Å²) in [6, 6.07) is 5.88. The predicted molar refractivity (Wildman–Crippen MR) is 77.9 cm³/mol. The molecule has 2 heterocycles. The SMILES string of the molecule is O=C(C1=CC=CC1)n1ccc(/C=C/c2cccs2)n1. The maximum Gasteiger partial charge on any atom is 0.274 e. The van der Waals surface area contributed by atoms with Gasteiger partial charge in [-0.3, -0.25) is 4.79 Å². The zero-order valence-electron chi connectivity index (χ0n) is 10.2. The Hall–Kier alpha value is -2.20. The molecule has 0 spiro atoms. The van der Waals surface area contributed by atoms with Gasteiger partial charge in [-0.15, -0.1) is 11.3 Å². The van der Waals surface area contributed by atoms with Crippen molar-refractivity contribution in [3.05, 3.63) is 64.1 Å². The Morgan fingerprint density at radius 1 is 1.37 bits per heavy atom. The Morgan fingerprint density at radius 2 is 2.32 bits per heavy atom. The minimum atomic E-state index is -0.0548. The van der Waals surface area contributed by atoms with E-state index in [1.807, 2.05) is 54.0 Å². The van der Waals surface area contributed by atoms with E-state index in [0.717, 1.165) is 11.3 Å². The second kappa shape index (κ2) is 5.20. The van der Waals surface area contributed by atoms with Gasteiger partial charge in [-0.1, -0.05) is 24.3 Å². The van der Waals surface area contributed by atoms with Gasteiger partial charge in [0, 0.05) is 16.6 Å². The van der Waals surface area contributed by atoms with Crippen molar-refractivity contribution in [1.29, 1.82) is 0 Å². The Bertz CT molecular complexity index is 675. The molecular formula is C15H12N2OS. The Balaban J connectivity index is 1.74. The highest BCUT2D eigenvalue weighted by Crippen LogP contribution is 2.14. The van der Waals surface area contributed by atoms with Crippen molar-refractivity contribution < 1.29 is 4.79 Å². The summed E-state index contributed by atoms with van der Waals surface area (Å²) in [7, 11) is 0. The van der Waals surface area contributed by atoms with Crippen molar-refractivity contribution in [2.24, 2.45) is 0 Å². The van der Waals surface area contributed by atoms with Crippen LogP contribution in [-0.2, 0) is 0 Å². The zero-order chi connectivity index (χ0) is 13.1. The maximum absolute atomic E-state index is 12.1. The molecule has 2 aromatic rings. The van der Waals surface area contributed by atoms with Crippen LogP contribution in [0.3, 0.4) is 0 Å². The lowest BCUT2D eigenvalue weighted by Crippen LogP contribution is -2.13. The summed E-state index contributed by atoms with van der Waals surface area (Å²) in [5, 5.41) is 6.30. The Kier molecular flexibility index (Phi) is 3.25. The van der Waals surface area contributed by atoms with Crippen LogP contribution in [0.15, 0.2) is 53.6 Å². The molecule has 0 radical (unpaired) electrons. The largest absolute Gasteiger partial charge is 0.274 e. The summed E-state index contributed by atoms with van der Waals surface area (Å²) in [5.74, 6) is -0.0548. The van der Waals surface area contributed by atoms with E-state index in [9.17, 15) is 4.79 Å². The molecule has 4 heteroatoms. The van der Waals surface area contributed by atoms with Crippen molar-refractivity contribution in [3.8, 4) is 0 Å². The van der Waals surface area contributed by atoms with Crippen LogP contribution in [0.1, 0.15) is 21.8 Å². The normalized spacial score (nSPS) is 14.2. The Labute approximate surface area is 115 Å². The molecule has 0 N–H and O–H groups in total. The number of hydrogen-bond donors (Lipinski definition) is 0. The lowest BCUT2D eigenvalue weighted by Gasteiger charge is -1.99. The fourth-order valence-electron chi connectivity index (χ4n) is 1.85. The van der Waals surface area contributed by atoms with Crippen molar-refractivity contribution in [3.63, 3.8) is 0 Å². The molecule has 0 aromatic carbocycles. The Morgan fingerprint density at radius 3 is 3.05 bits per heavy atom. The van der Waals surface area contributed by atoms with E-state index in [0.29, 0.717) is 6.42 Å². The number of carbonyl (C=O) groups excluding carboxylic acids is 1. The van der Waals surface area contributed by atoms with E-state index >= 15 is 0 Å². The van der Waals surface area contributed by atoms with Gasteiger partial charge < -0.3 is 0 Å². The third-order valence-electron chi connectivity index (χ3n) is 2.83. The molecule has 3 nitrogen and oxygen atoms in total. The topological polar surface area (TPSA) is 34.9 Å². The van der Waals surface area contributed by atoms with E-state index in [1.54, 1.807) is 17.5 Å². The fraction of sp³-hybridized carbons (Fsp3) is 0.0667. The molecule has 0 bridgehead atoms. The molecule has 0 atom stereocenters. The average molecular weight is 268 g/mol. The number of thiophene rings is 1. The van der Waals surface area contributed by atoms with Gasteiger partial charge in [0.15, 0.2) is 0 Å². The number of aromatic nitrogens is 2. The maximum atomic E-state index is 12.1. The highest BCUT2D eigenvalue weighted by atomic mass is 32.1. The van der Waals surface area contributed by atoms with Gasteiger partial charge in [0.25, 0.3) is 5.91 Å². The van der Waals surface area contributed by atoms with Gasteiger partial charge >= 0.3 is 0 Å². The first kappa shape index (κ1) is 11.9. The summed E-state index contributed by atoms with van der Waals surface area (Å²) in [6.45, 7) is 0. The van der Waals surface area contributed by atoms with Gasteiger partial charge in [0.2, 0.25) is 0 Å². The molecular weight excluding hydrogens is 256 g/mol. The lowest BCUT2D eigenvalue weighted by atomic mass is 10.2. The number of allylic oxidation sites excluding steroid dienone is 4. The summed E-state index contributed by atoms with van der Waals surface area (Å²) >= 11 is 1.67. The summed E-state index contributed by atoms with van der Waals surface area (Å²) < 4.78 is 1.40. The average Bonchev–Trinajstić information content (AvgIpc) is 3.16. The molecule has 2 aromatic heterocycles. The number of rotatable bonds is 3. The first-order valence-electron chi connectivity index (χ1n) is 6.00. The quantitative estimate of drug-likeness (QED) is 0.851. The van der Waals surface area contributed by atoms with Crippen molar-refractivity contribution in [2.75, 3.05) is 0 Å². The van der Waals surface area contributed by atoms with E-state index in [2.05, 4.69) is 5.10 Å². The zero-order valence-corrected chi connectivity index (χ0v) is 11.0. The van der Waals surface area contributed by atoms with Crippen LogP contribution in [0, 0.1) is 0 Å². The molecule has 0 saturated carbocycles. The molecule has 0 fully saturated rings. The van der Waals surface area contributed by atoms with Crippen molar-refractivity contribution in [1.82, 2.24) is 9.78 Å². The highest BCUT2D eigenvalue weighted by Gasteiger charge is 2.13. The smallest absolute Gasteiger partial charge is 0.267 e. The van der Waals surface area contributed by atoms with Crippen LogP contribution in [0.5, 0.6) is 0 Å². The van der Waals surface area contributed by atoms with Crippen LogP contribution in [0.4, 0.5) is 0 Å². The number of carbonyl (C=O) groups is 1. The molecule has 0 aliphatic heterocycles. The van der Waals surface area contributed by atoms with Crippen LogP contribution < -0.4 is 0 Å². The van der Waals surface area contributed by atoms with Gasteiger partial charge in [-0.05, 0) is 36.1 Å². The van der Waals surface area contributed by atoms with Gasteiger partial charge in [-0.2, -0.15) is 5.10 Å². The lowest BCUT2D eigenvalue weighted by molar-refractivity contribution is 0.0938. The first-order valence-corrected chi connectivity index (χ1v) is 6.88. The van der Waals surface area contributed by atoms with E-state index in [1.165, 1.54) is 9.56 Å². The molecule has 1 aliphatic carbocycles. The molecule has 0 unspecified atom stereocenters. The fourth-order valence-corrected chi connectivity index (χ4v) is 2.46. The van der Waals surface area contributed by atoms with Gasteiger partial charge in [0.05, 0.1) is 5.69 Å². The summed E-state index contributed by atoms with van der Waals surface area (Å²) in [4.78, 5) is 13.2. The van der Waals surface area contributed by atoms with Crippen molar-refractivity contribution >= 4 is 29.4 Å². The molecule has 19 heavy (non-hydrogen) atoms. The standard InChI is InChI=1S/C15H12N2OS/c18-15(12-4-1-2-5-12)17-10-9-13(16-17)7-8-14-6-3-11-19-14/h1-4,6-11H,5H2/b8-7+. The van der Waals surface area contributed by atoms with Gasteiger partial charge in [-0.25, -0.2) is 4.68 Å². The molecule has 0 amide bonds. The third kappa shape index (κ3) is 2.63. The van der Waals surface area contributed by atoms with Crippen LogP contribution in [0.2, 0.25) is 0 Å². The van der Waals surface area contributed by atoms with Crippen LogP contribution in [-0.4, -0.2) is 15.7 Å². The molecule has 3 rings (SSSR count).